The van der Waals surface area contributed by atoms with Crippen LogP contribution in [0.3, 0.4) is 0 Å². The van der Waals surface area contributed by atoms with Gasteiger partial charge in [-0.15, -0.1) is 11.3 Å². The van der Waals surface area contributed by atoms with Gasteiger partial charge in [-0.3, -0.25) is 5.43 Å². The van der Waals surface area contributed by atoms with Gasteiger partial charge in [-0.2, -0.15) is 5.10 Å². The van der Waals surface area contributed by atoms with E-state index in [4.69, 9.17) is 23.2 Å². The molecule has 4 nitrogen and oxygen atoms in total. The molecule has 2 N–H and O–H groups in total. The highest BCUT2D eigenvalue weighted by molar-refractivity contribution is 7.14. The van der Waals surface area contributed by atoms with Gasteiger partial charge in [-0.25, -0.2) is 4.98 Å². The van der Waals surface area contributed by atoms with Crippen molar-refractivity contribution in [3.05, 3.63) is 63.5 Å². The fraction of sp³-hybridized carbons (Fsp3) is 0. The summed E-state index contributed by atoms with van der Waals surface area (Å²) in [6, 6.07) is 12.8. The Balaban J connectivity index is 1.72. The molecule has 116 valence electrons. The Morgan fingerprint density at radius 2 is 1.91 bits per heavy atom. The molecule has 3 aromatic rings. The summed E-state index contributed by atoms with van der Waals surface area (Å²) in [5.74, 6) is -0.0434. The van der Waals surface area contributed by atoms with E-state index in [9.17, 15) is 5.11 Å². The van der Waals surface area contributed by atoms with Crippen molar-refractivity contribution in [1.82, 2.24) is 4.98 Å². The fourth-order valence-corrected chi connectivity index (χ4v) is 2.98. The first-order valence-electron chi connectivity index (χ1n) is 6.61. The molecule has 0 spiro atoms. The zero-order chi connectivity index (χ0) is 16.2. The van der Waals surface area contributed by atoms with E-state index in [1.54, 1.807) is 0 Å². The van der Waals surface area contributed by atoms with Crippen LogP contribution in [0, 0.1) is 0 Å². The van der Waals surface area contributed by atoms with Gasteiger partial charge in [0.05, 0.1) is 22.0 Å². The molecule has 0 radical (unpaired) electrons. The van der Waals surface area contributed by atoms with Crippen molar-refractivity contribution in [2.24, 2.45) is 5.10 Å². The largest absolute Gasteiger partial charge is 0.506 e. The van der Waals surface area contributed by atoms with E-state index in [1.165, 1.54) is 29.7 Å². The number of hydrogen-bond acceptors (Lipinski definition) is 5. The summed E-state index contributed by atoms with van der Waals surface area (Å²) in [5.41, 5.74) is 5.34. The minimum absolute atomic E-state index is 0.0434. The number of aromatic nitrogens is 1. The predicted molar refractivity (Wildman–Crippen MR) is 96.9 cm³/mol. The van der Waals surface area contributed by atoms with E-state index < -0.39 is 0 Å². The molecule has 0 atom stereocenters. The summed E-state index contributed by atoms with van der Waals surface area (Å²) in [6.07, 6.45) is 1.50. The number of aromatic hydroxyl groups is 1. The third kappa shape index (κ3) is 3.82. The molecule has 0 aliphatic carbocycles. The fourth-order valence-electron chi connectivity index (χ4n) is 1.88. The van der Waals surface area contributed by atoms with Crippen molar-refractivity contribution < 1.29 is 5.11 Å². The molecule has 1 aromatic heterocycles. The van der Waals surface area contributed by atoms with Crippen molar-refractivity contribution in [3.8, 4) is 17.0 Å². The molecule has 2 aromatic carbocycles. The van der Waals surface area contributed by atoms with Gasteiger partial charge >= 0.3 is 0 Å². The summed E-state index contributed by atoms with van der Waals surface area (Å²) in [5, 5.41) is 16.9. The van der Waals surface area contributed by atoms with Gasteiger partial charge in [0.2, 0.25) is 5.13 Å². The van der Waals surface area contributed by atoms with Crippen molar-refractivity contribution >= 4 is 45.9 Å². The van der Waals surface area contributed by atoms with Gasteiger partial charge in [0.1, 0.15) is 5.75 Å². The highest BCUT2D eigenvalue weighted by Crippen LogP contribution is 2.29. The number of rotatable bonds is 4. The quantitative estimate of drug-likeness (QED) is 0.490. The van der Waals surface area contributed by atoms with Gasteiger partial charge in [-0.1, -0.05) is 53.5 Å². The Morgan fingerprint density at radius 1 is 1.13 bits per heavy atom. The molecule has 0 bridgehead atoms. The Bertz CT molecular complexity index is 850. The average Bonchev–Trinajstić information content (AvgIpc) is 3.02. The number of halogens is 2. The zero-order valence-electron chi connectivity index (χ0n) is 11.7. The number of nitrogens with zero attached hydrogens (tertiary/aromatic N) is 2. The lowest BCUT2D eigenvalue weighted by molar-refractivity contribution is 0.475. The first-order chi connectivity index (χ1) is 11.1. The van der Waals surface area contributed by atoms with Crippen LogP contribution in [0.1, 0.15) is 5.56 Å². The van der Waals surface area contributed by atoms with Crippen LogP contribution < -0.4 is 5.43 Å². The number of phenolic OH excluding ortho intramolecular Hbond substituents is 1. The maximum absolute atomic E-state index is 9.59. The highest BCUT2D eigenvalue weighted by Gasteiger charge is 2.05. The minimum Gasteiger partial charge on any atom is -0.506 e. The summed E-state index contributed by atoms with van der Waals surface area (Å²) in [4.78, 5) is 4.46. The van der Waals surface area contributed by atoms with E-state index in [0.717, 1.165) is 11.3 Å². The van der Waals surface area contributed by atoms with E-state index in [-0.39, 0.29) is 10.8 Å². The molecule has 3 rings (SSSR count). The SMILES string of the molecule is Oc1cc(C=NNc2nc(-c3ccccc3)cs2)c(Cl)cc1Cl. The van der Waals surface area contributed by atoms with Crippen LogP contribution in [0.25, 0.3) is 11.3 Å². The van der Waals surface area contributed by atoms with Crippen molar-refractivity contribution in [3.63, 3.8) is 0 Å². The number of hydrazone groups is 1. The summed E-state index contributed by atoms with van der Waals surface area (Å²) < 4.78 is 0. The van der Waals surface area contributed by atoms with E-state index in [2.05, 4.69) is 15.5 Å². The van der Waals surface area contributed by atoms with Crippen LogP contribution in [-0.4, -0.2) is 16.3 Å². The van der Waals surface area contributed by atoms with E-state index >= 15 is 0 Å². The first-order valence-corrected chi connectivity index (χ1v) is 8.25. The third-order valence-corrected chi connectivity index (χ3v) is 4.38. The standard InChI is InChI=1S/C16H11Cl2N3OS/c17-12-7-13(18)15(22)6-11(12)8-19-21-16-20-14(9-23-16)10-4-2-1-3-5-10/h1-9,22H,(H,20,21). The van der Waals surface area contributed by atoms with Crippen LogP contribution in [-0.2, 0) is 0 Å². The lowest BCUT2D eigenvalue weighted by Crippen LogP contribution is -1.91. The van der Waals surface area contributed by atoms with Crippen LogP contribution in [0.4, 0.5) is 5.13 Å². The second-order valence-corrected chi connectivity index (χ2v) is 6.27. The van der Waals surface area contributed by atoms with Crippen LogP contribution >= 0.6 is 34.5 Å². The van der Waals surface area contributed by atoms with Gasteiger partial charge < -0.3 is 5.11 Å². The van der Waals surface area contributed by atoms with Gasteiger partial charge in [0.25, 0.3) is 0 Å². The molecule has 0 saturated carbocycles. The number of phenols is 1. The molecule has 0 saturated heterocycles. The van der Waals surface area contributed by atoms with Crippen molar-refractivity contribution in [1.29, 1.82) is 0 Å². The van der Waals surface area contributed by atoms with Gasteiger partial charge in [-0.05, 0) is 12.1 Å². The summed E-state index contributed by atoms with van der Waals surface area (Å²) in [6.45, 7) is 0. The topological polar surface area (TPSA) is 57.5 Å². The van der Waals surface area contributed by atoms with Crippen LogP contribution in [0.2, 0.25) is 10.0 Å². The monoisotopic (exact) mass is 363 g/mol. The van der Waals surface area contributed by atoms with E-state index in [1.807, 2.05) is 35.7 Å². The summed E-state index contributed by atoms with van der Waals surface area (Å²) >= 11 is 13.3. The number of benzene rings is 2. The first kappa shape index (κ1) is 15.8. The minimum atomic E-state index is -0.0434. The average molecular weight is 364 g/mol. The lowest BCUT2D eigenvalue weighted by atomic mass is 10.2. The van der Waals surface area contributed by atoms with Crippen LogP contribution in [0.15, 0.2) is 52.9 Å². The van der Waals surface area contributed by atoms with E-state index in [0.29, 0.717) is 15.7 Å². The number of thiazole rings is 1. The Hall–Kier alpha value is -2.08. The molecule has 0 unspecified atom stereocenters. The zero-order valence-corrected chi connectivity index (χ0v) is 14.0. The molecular formula is C16H11Cl2N3OS. The number of anilines is 1. The van der Waals surface area contributed by atoms with Gasteiger partial charge in [0.15, 0.2) is 0 Å². The summed E-state index contributed by atoms with van der Waals surface area (Å²) in [7, 11) is 0. The maximum atomic E-state index is 9.59. The van der Waals surface area contributed by atoms with Crippen LogP contribution in [0.5, 0.6) is 5.75 Å². The lowest BCUT2D eigenvalue weighted by Gasteiger charge is -2.01. The predicted octanol–water partition coefficient (Wildman–Crippen LogP) is 5.27. The molecule has 23 heavy (non-hydrogen) atoms. The molecule has 0 aliphatic rings. The molecular weight excluding hydrogens is 353 g/mol. The normalized spacial score (nSPS) is 11.0. The Morgan fingerprint density at radius 3 is 2.70 bits per heavy atom. The molecule has 1 heterocycles. The second kappa shape index (κ2) is 7.00. The highest BCUT2D eigenvalue weighted by atomic mass is 35.5. The second-order valence-electron chi connectivity index (χ2n) is 4.60. The molecule has 0 aliphatic heterocycles. The molecule has 7 heteroatoms. The van der Waals surface area contributed by atoms with Crippen molar-refractivity contribution in [2.75, 3.05) is 5.43 Å². The molecule has 0 fully saturated rings. The Kier molecular flexibility index (Phi) is 4.81. The smallest absolute Gasteiger partial charge is 0.203 e. The maximum Gasteiger partial charge on any atom is 0.203 e. The van der Waals surface area contributed by atoms with Gasteiger partial charge in [0, 0.05) is 16.5 Å². The third-order valence-electron chi connectivity index (χ3n) is 3.00. The number of nitrogens with one attached hydrogen (secondary N) is 1. The number of hydrogen-bond donors (Lipinski definition) is 2. The van der Waals surface area contributed by atoms with Crippen molar-refractivity contribution in [2.45, 2.75) is 0 Å². The Labute approximate surface area is 147 Å². The molecule has 0 amide bonds.